The standard InChI is InChI=1S/C14H19NO6S/c1-3-19-12-7-10(5-6-14(16)21-9-22)11(15(17)18)8-13(12)20-4-2/h7-8,22H,3-6,9H2,1-2H3. The van der Waals surface area contributed by atoms with Crippen LogP contribution in [-0.4, -0.2) is 30.0 Å². The van der Waals surface area contributed by atoms with Gasteiger partial charge in [-0.15, -0.1) is 12.6 Å². The van der Waals surface area contributed by atoms with Crippen molar-refractivity contribution in [2.75, 3.05) is 19.2 Å². The lowest BCUT2D eigenvalue weighted by Crippen LogP contribution is -2.07. The first kappa shape index (κ1) is 18.1. The minimum Gasteiger partial charge on any atom is -0.490 e. The Morgan fingerprint density at radius 3 is 2.32 bits per heavy atom. The molecule has 22 heavy (non-hydrogen) atoms. The van der Waals surface area contributed by atoms with E-state index in [1.165, 1.54) is 6.07 Å². The van der Waals surface area contributed by atoms with Gasteiger partial charge in [0.15, 0.2) is 11.5 Å². The maximum atomic E-state index is 11.4. The molecule has 0 saturated carbocycles. The van der Waals surface area contributed by atoms with Crippen LogP contribution < -0.4 is 9.47 Å². The Balaban J connectivity index is 3.09. The van der Waals surface area contributed by atoms with Crippen LogP contribution in [0.4, 0.5) is 5.69 Å². The predicted molar refractivity (Wildman–Crippen MR) is 83.7 cm³/mol. The number of aryl methyl sites for hydroxylation is 1. The number of nitrogens with zero attached hydrogens (tertiary/aromatic N) is 1. The van der Waals surface area contributed by atoms with Gasteiger partial charge in [-0.1, -0.05) is 0 Å². The second-order valence-corrected chi connectivity index (χ2v) is 4.45. The Labute approximate surface area is 134 Å². The molecule has 0 aliphatic carbocycles. The Kier molecular flexibility index (Phi) is 7.51. The summed E-state index contributed by atoms with van der Waals surface area (Å²) in [5.41, 5.74) is 0.290. The number of ether oxygens (including phenoxy) is 3. The third-order valence-corrected chi connectivity index (χ3v) is 2.89. The molecule has 0 aliphatic heterocycles. The molecule has 0 heterocycles. The summed E-state index contributed by atoms with van der Waals surface area (Å²) in [6.45, 7) is 4.35. The number of esters is 1. The van der Waals surface area contributed by atoms with Crippen LogP contribution >= 0.6 is 12.6 Å². The monoisotopic (exact) mass is 329 g/mol. The summed E-state index contributed by atoms with van der Waals surface area (Å²) in [6, 6.07) is 2.87. The molecule has 1 rings (SSSR count). The lowest BCUT2D eigenvalue weighted by atomic mass is 10.1. The number of rotatable bonds is 9. The van der Waals surface area contributed by atoms with Crippen molar-refractivity contribution in [1.29, 1.82) is 0 Å². The fourth-order valence-corrected chi connectivity index (χ4v) is 2.02. The predicted octanol–water partition coefficient (Wildman–Crippen LogP) is 2.76. The van der Waals surface area contributed by atoms with Gasteiger partial charge in [0.2, 0.25) is 0 Å². The molecule has 122 valence electrons. The van der Waals surface area contributed by atoms with E-state index < -0.39 is 10.9 Å². The topological polar surface area (TPSA) is 87.9 Å². The van der Waals surface area contributed by atoms with Crippen LogP contribution in [0, 0.1) is 10.1 Å². The lowest BCUT2D eigenvalue weighted by molar-refractivity contribution is -0.385. The summed E-state index contributed by atoms with van der Waals surface area (Å²) < 4.78 is 15.5. The molecular formula is C14H19NO6S. The zero-order valence-electron chi connectivity index (χ0n) is 12.5. The lowest BCUT2D eigenvalue weighted by Gasteiger charge is -2.13. The second-order valence-electron chi connectivity index (χ2n) is 4.20. The summed E-state index contributed by atoms with van der Waals surface area (Å²) >= 11 is 3.79. The molecule has 0 aliphatic rings. The fourth-order valence-electron chi connectivity index (χ4n) is 1.88. The van der Waals surface area contributed by atoms with Gasteiger partial charge in [-0.05, 0) is 26.3 Å². The van der Waals surface area contributed by atoms with E-state index in [9.17, 15) is 14.9 Å². The highest BCUT2D eigenvalue weighted by Crippen LogP contribution is 2.35. The van der Waals surface area contributed by atoms with Gasteiger partial charge < -0.3 is 14.2 Å². The largest absolute Gasteiger partial charge is 0.490 e. The molecule has 1 aromatic carbocycles. The smallest absolute Gasteiger partial charge is 0.306 e. The van der Waals surface area contributed by atoms with Gasteiger partial charge in [-0.3, -0.25) is 14.9 Å². The van der Waals surface area contributed by atoms with Gasteiger partial charge >= 0.3 is 5.97 Å². The number of benzene rings is 1. The maximum absolute atomic E-state index is 11.4. The average molecular weight is 329 g/mol. The minimum absolute atomic E-state index is 0.0194. The van der Waals surface area contributed by atoms with Crippen molar-refractivity contribution in [1.82, 2.24) is 0 Å². The highest BCUT2D eigenvalue weighted by atomic mass is 32.1. The van der Waals surface area contributed by atoms with Crippen LogP contribution in [0.1, 0.15) is 25.8 Å². The molecule has 0 unspecified atom stereocenters. The number of thiol groups is 1. The molecule has 0 amide bonds. The first-order valence-corrected chi connectivity index (χ1v) is 7.50. The highest BCUT2D eigenvalue weighted by molar-refractivity contribution is 7.80. The van der Waals surface area contributed by atoms with Crippen LogP contribution in [0.2, 0.25) is 0 Å². The van der Waals surface area contributed by atoms with E-state index in [2.05, 4.69) is 12.6 Å². The summed E-state index contributed by atoms with van der Waals surface area (Å²) in [7, 11) is 0. The van der Waals surface area contributed by atoms with E-state index in [0.717, 1.165) is 0 Å². The molecule has 8 heteroatoms. The Morgan fingerprint density at radius 1 is 1.23 bits per heavy atom. The third kappa shape index (κ3) is 5.10. The van der Waals surface area contributed by atoms with Crippen molar-refractivity contribution in [2.45, 2.75) is 26.7 Å². The Morgan fingerprint density at radius 2 is 1.82 bits per heavy atom. The average Bonchev–Trinajstić information content (AvgIpc) is 2.47. The van der Waals surface area contributed by atoms with Crippen molar-refractivity contribution in [3.05, 3.63) is 27.8 Å². The summed E-state index contributed by atoms with van der Waals surface area (Å²) in [5, 5.41) is 11.2. The van der Waals surface area contributed by atoms with E-state index in [-0.39, 0.29) is 24.5 Å². The molecule has 0 saturated heterocycles. The SMILES string of the molecule is CCOc1cc(CCC(=O)OCS)c([N+](=O)[O-])cc1OCC. The molecule has 0 bridgehead atoms. The van der Waals surface area contributed by atoms with Crippen molar-refractivity contribution in [2.24, 2.45) is 0 Å². The van der Waals surface area contributed by atoms with Gasteiger partial charge in [-0.25, -0.2) is 0 Å². The van der Waals surface area contributed by atoms with E-state index >= 15 is 0 Å². The zero-order valence-corrected chi connectivity index (χ0v) is 13.4. The normalized spacial score (nSPS) is 10.1. The van der Waals surface area contributed by atoms with Gasteiger partial charge in [0, 0.05) is 12.0 Å². The Hall–Kier alpha value is -1.96. The fraction of sp³-hybridized carbons (Fsp3) is 0.500. The molecule has 1 aromatic rings. The van der Waals surface area contributed by atoms with Gasteiger partial charge in [-0.2, -0.15) is 0 Å². The zero-order chi connectivity index (χ0) is 16.5. The maximum Gasteiger partial charge on any atom is 0.306 e. The summed E-state index contributed by atoms with van der Waals surface area (Å²) in [6.07, 6.45) is 0.205. The van der Waals surface area contributed by atoms with Gasteiger partial charge in [0.1, 0.15) is 5.94 Å². The number of hydrogen-bond acceptors (Lipinski definition) is 7. The molecule has 7 nitrogen and oxygen atoms in total. The van der Waals surface area contributed by atoms with Crippen molar-refractivity contribution >= 4 is 24.3 Å². The van der Waals surface area contributed by atoms with E-state index in [4.69, 9.17) is 14.2 Å². The second kappa shape index (κ2) is 9.14. The molecule has 0 spiro atoms. The number of nitro groups is 1. The minimum atomic E-state index is -0.502. The summed E-state index contributed by atoms with van der Waals surface area (Å²) in [4.78, 5) is 22.1. The summed E-state index contributed by atoms with van der Waals surface area (Å²) in [5.74, 6) is 0.260. The molecule has 0 radical (unpaired) electrons. The van der Waals surface area contributed by atoms with Crippen LogP contribution in [0.5, 0.6) is 11.5 Å². The van der Waals surface area contributed by atoms with E-state index in [0.29, 0.717) is 30.3 Å². The number of carbonyl (C=O) groups excluding carboxylic acids is 1. The number of nitro benzene ring substituents is 1. The molecular weight excluding hydrogens is 310 g/mol. The van der Waals surface area contributed by atoms with Gasteiger partial charge in [0.05, 0.1) is 24.2 Å². The van der Waals surface area contributed by atoms with Crippen LogP contribution in [0.3, 0.4) is 0 Å². The number of hydrogen-bond donors (Lipinski definition) is 1. The van der Waals surface area contributed by atoms with Crippen molar-refractivity contribution < 1.29 is 23.9 Å². The molecule has 0 aromatic heterocycles. The third-order valence-electron chi connectivity index (χ3n) is 2.77. The van der Waals surface area contributed by atoms with Crippen LogP contribution in [0.25, 0.3) is 0 Å². The molecule has 0 atom stereocenters. The number of carbonyl (C=O) groups is 1. The van der Waals surface area contributed by atoms with Crippen LogP contribution in [0.15, 0.2) is 12.1 Å². The quantitative estimate of drug-likeness (QED) is 0.246. The van der Waals surface area contributed by atoms with Crippen molar-refractivity contribution in [3.63, 3.8) is 0 Å². The Bertz CT molecular complexity index is 534. The van der Waals surface area contributed by atoms with E-state index in [1.54, 1.807) is 19.9 Å². The van der Waals surface area contributed by atoms with E-state index in [1.807, 2.05) is 0 Å². The van der Waals surface area contributed by atoms with Gasteiger partial charge in [0.25, 0.3) is 5.69 Å². The first-order chi connectivity index (χ1) is 10.5. The first-order valence-electron chi connectivity index (χ1n) is 6.86. The molecule has 0 N–H and O–H groups in total. The van der Waals surface area contributed by atoms with Crippen LogP contribution in [-0.2, 0) is 16.0 Å². The van der Waals surface area contributed by atoms with Crippen molar-refractivity contribution in [3.8, 4) is 11.5 Å². The molecule has 0 fully saturated rings. The highest BCUT2D eigenvalue weighted by Gasteiger charge is 2.20.